The van der Waals surface area contributed by atoms with Crippen molar-refractivity contribution >= 4 is 22.9 Å². The van der Waals surface area contributed by atoms with Crippen molar-refractivity contribution in [3.05, 3.63) is 35.9 Å². The Bertz CT molecular complexity index is 512. The van der Waals surface area contributed by atoms with Crippen LogP contribution in [0.4, 0.5) is 4.79 Å². The second-order valence-electron chi connectivity index (χ2n) is 6.34. The molecule has 1 unspecified atom stereocenters. The lowest BCUT2D eigenvalue weighted by Gasteiger charge is -2.30. The molecule has 0 saturated heterocycles. The molecule has 0 aliphatic heterocycles. The van der Waals surface area contributed by atoms with E-state index in [0.29, 0.717) is 18.4 Å². The van der Waals surface area contributed by atoms with E-state index >= 15 is 0 Å². The highest BCUT2D eigenvalue weighted by Gasteiger charge is 2.28. The summed E-state index contributed by atoms with van der Waals surface area (Å²) in [7, 11) is 0. The fourth-order valence-electron chi connectivity index (χ4n) is 3.10. The first kappa shape index (κ1) is 17.8. The van der Waals surface area contributed by atoms with Gasteiger partial charge < -0.3 is 10.1 Å². The van der Waals surface area contributed by atoms with Crippen LogP contribution in [0.5, 0.6) is 0 Å². The van der Waals surface area contributed by atoms with Gasteiger partial charge in [-0.15, -0.1) is 0 Å². The average molecular weight is 338 g/mol. The van der Waals surface area contributed by atoms with Crippen molar-refractivity contribution in [3.8, 4) is 0 Å². The summed E-state index contributed by atoms with van der Waals surface area (Å²) in [6.45, 7) is 3.01. The number of nitrogens with one attached hydrogen (secondary N) is 1. The molecule has 1 atom stereocenters. The number of hydrogen-bond acceptors (Lipinski definition) is 3. The molecule has 1 fully saturated rings. The van der Waals surface area contributed by atoms with Crippen LogP contribution in [-0.2, 0) is 16.1 Å². The Labute approximate surface area is 142 Å². The van der Waals surface area contributed by atoms with Crippen molar-refractivity contribution in [1.82, 2.24) is 5.32 Å². The molecule has 1 amide bonds. The molecule has 23 heavy (non-hydrogen) atoms. The molecule has 0 spiro atoms. The van der Waals surface area contributed by atoms with Gasteiger partial charge in [0.25, 0.3) is 0 Å². The van der Waals surface area contributed by atoms with Crippen molar-refractivity contribution in [2.24, 2.45) is 17.8 Å². The standard InChI is InChI=1S/C18H24ClNO3/c1-13(15-7-9-16(10-8-15)17(19)21)11-20-18(22)23-12-14-5-3-2-4-6-14/h2-6,13,15-16H,7-12H2,1H3,(H,20,22). The zero-order valence-electron chi connectivity index (χ0n) is 13.5. The summed E-state index contributed by atoms with van der Waals surface area (Å²) in [4.78, 5) is 22.9. The van der Waals surface area contributed by atoms with Crippen LogP contribution < -0.4 is 5.32 Å². The summed E-state index contributed by atoms with van der Waals surface area (Å²) in [5, 5.41) is 2.62. The lowest BCUT2D eigenvalue weighted by molar-refractivity contribution is -0.116. The maximum Gasteiger partial charge on any atom is 0.407 e. The number of amides is 1. The number of rotatable bonds is 6. The third-order valence-corrected chi connectivity index (χ3v) is 4.99. The van der Waals surface area contributed by atoms with E-state index in [4.69, 9.17) is 16.3 Å². The van der Waals surface area contributed by atoms with Gasteiger partial charge in [0, 0.05) is 12.5 Å². The van der Waals surface area contributed by atoms with Crippen LogP contribution in [0.25, 0.3) is 0 Å². The molecule has 0 aromatic heterocycles. The minimum absolute atomic E-state index is 0.0175. The Morgan fingerprint density at radius 2 is 1.87 bits per heavy atom. The Kier molecular flexibility index (Phi) is 6.90. The highest BCUT2D eigenvalue weighted by molar-refractivity contribution is 6.63. The first-order chi connectivity index (χ1) is 11.1. The zero-order valence-corrected chi connectivity index (χ0v) is 14.2. The number of benzene rings is 1. The zero-order chi connectivity index (χ0) is 16.7. The molecule has 1 saturated carbocycles. The quantitative estimate of drug-likeness (QED) is 0.794. The largest absolute Gasteiger partial charge is 0.445 e. The van der Waals surface area contributed by atoms with Crippen LogP contribution in [0, 0.1) is 17.8 Å². The maximum atomic E-state index is 11.7. The SMILES string of the molecule is CC(CNC(=O)OCc1ccccc1)C1CCC(C(=O)Cl)CC1. The van der Waals surface area contributed by atoms with E-state index in [2.05, 4.69) is 12.2 Å². The van der Waals surface area contributed by atoms with Crippen molar-refractivity contribution in [2.45, 2.75) is 39.2 Å². The van der Waals surface area contributed by atoms with Gasteiger partial charge in [-0.1, -0.05) is 37.3 Å². The van der Waals surface area contributed by atoms with Gasteiger partial charge >= 0.3 is 6.09 Å². The van der Waals surface area contributed by atoms with Crippen molar-refractivity contribution in [1.29, 1.82) is 0 Å². The topological polar surface area (TPSA) is 55.4 Å². The van der Waals surface area contributed by atoms with E-state index in [1.807, 2.05) is 30.3 Å². The van der Waals surface area contributed by atoms with E-state index < -0.39 is 0 Å². The summed E-state index contributed by atoms with van der Waals surface area (Å²) in [5.74, 6) is 0.909. The molecule has 1 N–H and O–H groups in total. The van der Waals surface area contributed by atoms with Gasteiger partial charge in [-0.3, -0.25) is 4.79 Å². The van der Waals surface area contributed by atoms with Crippen LogP contribution in [-0.4, -0.2) is 17.9 Å². The van der Waals surface area contributed by atoms with Gasteiger partial charge in [-0.05, 0) is 54.7 Å². The first-order valence-corrected chi connectivity index (χ1v) is 8.58. The monoisotopic (exact) mass is 337 g/mol. The third-order valence-electron chi connectivity index (χ3n) is 4.68. The van der Waals surface area contributed by atoms with E-state index in [1.54, 1.807) is 0 Å². The lowest BCUT2D eigenvalue weighted by atomic mass is 9.77. The normalized spacial score (nSPS) is 22.2. The fourth-order valence-corrected chi connectivity index (χ4v) is 3.32. The molecule has 4 nitrogen and oxygen atoms in total. The summed E-state index contributed by atoms with van der Waals surface area (Å²) >= 11 is 5.56. The molecule has 0 heterocycles. The minimum atomic E-state index is -0.384. The first-order valence-electron chi connectivity index (χ1n) is 8.20. The van der Waals surface area contributed by atoms with E-state index in [0.717, 1.165) is 31.2 Å². The number of carbonyl (C=O) groups excluding carboxylic acids is 2. The fraction of sp³-hybridized carbons (Fsp3) is 0.556. The number of halogens is 1. The Morgan fingerprint density at radius 3 is 2.48 bits per heavy atom. The number of carbonyl (C=O) groups is 2. The Hall–Kier alpha value is -1.55. The number of alkyl carbamates (subject to hydrolysis) is 1. The van der Waals surface area contributed by atoms with E-state index in [-0.39, 0.29) is 23.9 Å². The summed E-state index contributed by atoms with van der Waals surface area (Å²) in [6, 6.07) is 9.61. The van der Waals surface area contributed by atoms with Crippen LogP contribution in [0.2, 0.25) is 0 Å². The maximum absolute atomic E-state index is 11.7. The highest BCUT2D eigenvalue weighted by atomic mass is 35.5. The van der Waals surface area contributed by atoms with Crippen molar-refractivity contribution in [3.63, 3.8) is 0 Å². The molecule has 1 aromatic carbocycles. The van der Waals surface area contributed by atoms with Crippen LogP contribution in [0.15, 0.2) is 30.3 Å². The lowest BCUT2D eigenvalue weighted by Crippen LogP contribution is -2.33. The predicted octanol–water partition coefficient (Wildman–Crippen LogP) is 4.12. The minimum Gasteiger partial charge on any atom is -0.445 e. The molecular formula is C18H24ClNO3. The molecule has 126 valence electrons. The molecule has 1 aliphatic rings. The van der Waals surface area contributed by atoms with E-state index in [9.17, 15) is 9.59 Å². The average Bonchev–Trinajstić information content (AvgIpc) is 2.58. The Balaban J connectivity index is 1.65. The molecule has 1 aliphatic carbocycles. The van der Waals surface area contributed by atoms with Gasteiger partial charge in [0.15, 0.2) is 0 Å². The van der Waals surface area contributed by atoms with Crippen LogP contribution in [0.1, 0.15) is 38.2 Å². The molecular weight excluding hydrogens is 314 g/mol. The van der Waals surface area contributed by atoms with Crippen LogP contribution in [0.3, 0.4) is 0 Å². The number of hydrogen-bond donors (Lipinski definition) is 1. The molecule has 1 aromatic rings. The number of ether oxygens (including phenoxy) is 1. The molecule has 2 rings (SSSR count). The van der Waals surface area contributed by atoms with Gasteiger partial charge in [0.1, 0.15) is 6.61 Å². The van der Waals surface area contributed by atoms with Crippen molar-refractivity contribution in [2.75, 3.05) is 6.54 Å². The molecule has 0 bridgehead atoms. The second kappa shape index (κ2) is 8.92. The van der Waals surface area contributed by atoms with Gasteiger partial charge in [0.2, 0.25) is 5.24 Å². The third kappa shape index (κ3) is 5.87. The summed E-state index contributed by atoms with van der Waals surface area (Å²) in [5.41, 5.74) is 0.972. The highest BCUT2D eigenvalue weighted by Crippen LogP contribution is 2.34. The van der Waals surface area contributed by atoms with Crippen LogP contribution >= 0.6 is 11.6 Å². The molecule has 0 radical (unpaired) electrons. The summed E-state index contributed by atoms with van der Waals surface area (Å²) in [6.07, 6.45) is 3.31. The Morgan fingerprint density at radius 1 is 1.22 bits per heavy atom. The van der Waals surface area contributed by atoms with Gasteiger partial charge in [-0.2, -0.15) is 0 Å². The predicted molar refractivity (Wildman–Crippen MR) is 90.1 cm³/mol. The van der Waals surface area contributed by atoms with Gasteiger partial charge in [-0.25, -0.2) is 4.79 Å². The van der Waals surface area contributed by atoms with E-state index in [1.165, 1.54) is 0 Å². The molecule has 5 heteroatoms. The summed E-state index contributed by atoms with van der Waals surface area (Å²) < 4.78 is 5.20. The second-order valence-corrected chi connectivity index (χ2v) is 6.71. The van der Waals surface area contributed by atoms with Gasteiger partial charge in [0.05, 0.1) is 0 Å². The van der Waals surface area contributed by atoms with Crippen molar-refractivity contribution < 1.29 is 14.3 Å². The smallest absolute Gasteiger partial charge is 0.407 e.